The van der Waals surface area contributed by atoms with E-state index in [0.29, 0.717) is 67.0 Å². The Balaban J connectivity index is 1.21. The molecule has 1 aliphatic rings. The number of methoxy groups -OCH3 is 2. The zero-order valence-corrected chi connectivity index (χ0v) is 27.7. The van der Waals surface area contributed by atoms with E-state index in [2.05, 4.69) is 26.8 Å². The van der Waals surface area contributed by atoms with Gasteiger partial charge in [0, 0.05) is 56.5 Å². The first-order valence-corrected chi connectivity index (χ1v) is 15.6. The number of carbonyl (C=O) groups excluding carboxylic acids is 1. The Labute approximate surface area is 273 Å². The van der Waals surface area contributed by atoms with Gasteiger partial charge in [-0.2, -0.15) is 9.97 Å². The molecule has 246 valence electrons. The van der Waals surface area contributed by atoms with Crippen LogP contribution in [0.5, 0.6) is 11.5 Å². The highest BCUT2D eigenvalue weighted by Crippen LogP contribution is 2.30. The SMILES string of the molecule is COc1ccc(CN(C)c2nc(Cl)nc3c2ncn3C(=O)CC[C@H](C)[C@@H](C)OCc2cc(N)cc(N3CCOCC3)n2)c(OC)c1. The van der Waals surface area contributed by atoms with Gasteiger partial charge in [0.15, 0.2) is 17.0 Å². The molecule has 46 heavy (non-hydrogen) atoms. The molecule has 0 bridgehead atoms. The quantitative estimate of drug-likeness (QED) is 0.202. The van der Waals surface area contributed by atoms with Gasteiger partial charge in [-0.15, -0.1) is 0 Å². The number of imidazole rings is 1. The number of nitrogen functional groups attached to an aromatic ring is 1. The lowest BCUT2D eigenvalue weighted by molar-refractivity contribution is 0.0140. The zero-order chi connectivity index (χ0) is 32.8. The highest BCUT2D eigenvalue weighted by Gasteiger charge is 2.22. The van der Waals surface area contributed by atoms with E-state index in [1.165, 1.54) is 10.9 Å². The minimum atomic E-state index is -0.144. The highest BCUT2D eigenvalue weighted by atomic mass is 35.5. The number of benzene rings is 1. The molecule has 0 aliphatic carbocycles. The van der Waals surface area contributed by atoms with E-state index in [1.807, 2.05) is 49.2 Å². The number of halogens is 1. The van der Waals surface area contributed by atoms with Gasteiger partial charge in [-0.3, -0.25) is 9.36 Å². The van der Waals surface area contributed by atoms with Crippen LogP contribution in [0.15, 0.2) is 36.7 Å². The normalized spacial score (nSPS) is 14.7. The van der Waals surface area contributed by atoms with Gasteiger partial charge < -0.3 is 34.5 Å². The van der Waals surface area contributed by atoms with Crippen molar-refractivity contribution < 1.29 is 23.7 Å². The molecule has 0 saturated carbocycles. The van der Waals surface area contributed by atoms with Crippen molar-refractivity contribution in [1.82, 2.24) is 24.5 Å². The van der Waals surface area contributed by atoms with E-state index in [9.17, 15) is 4.79 Å². The lowest BCUT2D eigenvalue weighted by Gasteiger charge is -2.28. The molecule has 0 spiro atoms. The van der Waals surface area contributed by atoms with Crippen molar-refractivity contribution in [3.05, 3.63) is 53.2 Å². The average Bonchev–Trinajstić information content (AvgIpc) is 3.49. The number of ether oxygens (including phenoxy) is 4. The number of fused-ring (bicyclic) bond motifs is 1. The lowest BCUT2D eigenvalue weighted by Crippen LogP contribution is -2.37. The van der Waals surface area contributed by atoms with Crippen LogP contribution in [-0.2, 0) is 22.6 Å². The second kappa shape index (κ2) is 14.9. The topological polar surface area (TPSA) is 143 Å². The molecular weight excluding hydrogens is 612 g/mol. The Hall–Kier alpha value is -4.20. The summed E-state index contributed by atoms with van der Waals surface area (Å²) in [4.78, 5) is 35.5. The summed E-state index contributed by atoms with van der Waals surface area (Å²) >= 11 is 6.34. The molecule has 13 nitrogen and oxygen atoms in total. The Kier molecular flexibility index (Phi) is 10.8. The maximum Gasteiger partial charge on any atom is 0.233 e. The molecule has 14 heteroatoms. The van der Waals surface area contributed by atoms with E-state index in [-0.39, 0.29) is 29.6 Å². The van der Waals surface area contributed by atoms with Gasteiger partial charge in [0.25, 0.3) is 0 Å². The third-order valence-electron chi connectivity index (χ3n) is 8.21. The molecule has 1 saturated heterocycles. The van der Waals surface area contributed by atoms with E-state index in [1.54, 1.807) is 14.2 Å². The number of carbonyl (C=O) groups is 1. The maximum atomic E-state index is 13.4. The van der Waals surface area contributed by atoms with Crippen LogP contribution in [0, 0.1) is 5.92 Å². The lowest BCUT2D eigenvalue weighted by atomic mass is 10.00. The van der Waals surface area contributed by atoms with Crippen molar-refractivity contribution >= 4 is 46.0 Å². The fourth-order valence-electron chi connectivity index (χ4n) is 5.33. The fourth-order valence-corrected chi connectivity index (χ4v) is 5.49. The fraction of sp³-hybridized carbons (Fsp3) is 0.469. The Morgan fingerprint density at radius 1 is 1.11 bits per heavy atom. The van der Waals surface area contributed by atoms with Crippen molar-refractivity contribution in [2.45, 2.75) is 45.9 Å². The highest BCUT2D eigenvalue weighted by molar-refractivity contribution is 6.28. The minimum absolute atomic E-state index is 0.0212. The van der Waals surface area contributed by atoms with Crippen LogP contribution >= 0.6 is 11.6 Å². The maximum absolute atomic E-state index is 13.4. The molecule has 1 aromatic carbocycles. The number of anilines is 3. The monoisotopic (exact) mass is 652 g/mol. The predicted molar refractivity (Wildman–Crippen MR) is 177 cm³/mol. The third-order valence-corrected chi connectivity index (χ3v) is 8.38. The number of nitrogens with zero attached hydrogens (tertiary/aromatic N) is 7. The molecule has 0 radical (unpaired) electrons. The van der Waals surface area contributed by atoms with E-state index in [4.69, 9.17) is 41.3 Å². The summed E-state index contributed by atoms with van der Waals surface area (Å²) in [6.45, 7) is 7.73. The molecule has 2 atom stereocenters. The molecule has 4 aromatic rings. The molecule has 2 N–H and O–H groups in total. The summed E-state index contributed by atoms with van der Waals surface area (Å²) in [7, 11) is 5.09. The Morgan fingerprint density at radius 3 is 2.63 bits per heavy atom. The van der Waals surface area contributed by atoms with Gasteiger partial charge in [-0.1, -0.05) is 6.92 Å². The Morgan fingerprint density at radius 2 is 1.89 bits per heavy atom. The van der Waals surface area contributed by atoms with Crippen LogP contribution < -0.4 is 25.0 Å². The van der Waals surface area contributed by atoms with Crippen LogP contribution in [0.1, 0.15) is 42.7 Å². The van der Waals surface area contributed by atoms with Crippen LogP contribution in [0.4, 0.5) is 17.3 Å². The number of aromatic nitrogens is 5. The van der Waals surface area contributed by atoms with Crippen LogP contribution in [0.2, 0.25) is 5.28 Å². The smallest absolute Gasteiger partial charge is 0.233 e. The van der Waals surface area contributed by atoms with Crippen molar-refractivity contribution in [2.75, 3.05) is 63.1 Å². The van der Waals surface area contributed by atoms with Crippen molar-refractivity contribution in [2.24, 2.45) is 5.92 Å². The molecular formula is C32H41ClN8O5. The van der Waals surface area contributed by atoms with E-state index in [0.717, 1.165) is 30.2 Å². The van der Waals surface area contributed by atoms with Gasteiger partial charge in [0.1, 0.15) is 23.6 Å². The van der Waals surface area contributed by atoms with Gasteiger partial charge in [0.2, 0.25) is 11.2 Å². The minimum Gasteiger partial charge on any atom is -0.497 e. The van der Waals surface area contributed by atoms with Gasteiger partial charge in [-0.05, 0) is 49.1 Å². The molecule has 1 aliphatic heterocycles. The number of hydrogen-bond donors (Lipinski definition) is 1. The van der Waals surface area contributed by atoms with Crippen LogP contribution in [0.3, 0.4) is 0 Å². The van der Waals surface area contributed by atoms with Crippen LogP contribution in [0.25, 0.3) is 11.2 Å². The van der Waals surface area contributed by atoms with Crippen molar-refractivity contribution in [3.63, 3.8) is 0 Å². The third kappa shape index (κ3) is 7.77. The molecule has 0 unspecified atom stereocenters. The first-order valence-electron chi connectivity index (χ1n) is 15.2. The second-order valence-corrected chi connectivity index (χ2v) is 11.8. The summed E-state index contributed by atoms with van der Waals surface area (Å²) in [6.07, 6.45) is 2.24. The molecule has 4 heterocycles. The summed E-state index contributed by atoms with van der Waals surface area (Å²) in [5.74, 6) is 2.66. The number of morpholine rings is 1. The van der Waals surface area contributed by atoms with Crippen molar-refractivity contribution in [1.29, 1.82) is 0 Å². The summed E-state index contributed by atoms with van der Waals surface area (Å²) in [5, 5.41) is 0.0212. The number of pyridine rings is 1. The van der Waals surface area contributed by atoms with E-state index >= 15 is 0 Å². The number of hydrogen-bond acceptors (Lipinski definition) is 12. The predicted octanol–water partition coefficient (Wildman–Crippen LogP) is 4.61. The second-order valence-electron chi connectivity index (χ2n) is 11.4. The first kappa shape index (κ1) is 33.2. The molecule has 0 amide bonds. The summed E-state index contributed by atoms with van der Waals surface area (Å²) < 4.78 is 23.9. The summed E-state index contributed by atoms with van der Waals surface area (Å²) in [5.41, 5.74) is 9.32. The summed E-state index contributed by atoms with van der Waals surface area (Å²) in [6, 6.07) is 9.33. The molecule has 5 rings (SSSR count). The van der Waals surface area contributed by atoms with Gasteiger partial charge in [-0.25, -0.2) is 9.97 Å². The van der Waals surface area contributed by atoms with Crippen molar-refractivity contribution in [3.8, 4) is 11.5 Å². The molecule has 1 fully saturated rings. The van der Waals surface area contributed by atoms with Crippen LogP contribution in [-0.4, -0.2) is 84.1 Å². The first-order chi connectivity index (χ1) is 22.2. The Bertz CT molecular complexity index is 1660. The zero-order valence-electron chi connectivity index (χ0n) is 26.9. The van der Waals surface area contributed by atoms with Gasteiger partial charge >= 0.3 is 0 Å². The number of nitrogens with two attached hydrogens (primary N) is 1. The number of rotatable bonds is 13. The molecule has 3 aromatic heterocycles. The average molecular weight is 653 g/mol. The van der Waals surface area contributed by atoms with Gasteiger partial charge in [0.05, 0.1) is 45.8 Å². The van der Waals surface area contributed by atoms with E-state index < -0.39 is 0 Å². The standard InChI is InChI=1S/C32H41ClN8O5/c1-20(21(2)46-18-24-14-23(34)15-27(36-24)40-10-12-45-13-11-40)6-9-28(42)41-19-35-29-30(37-32(33)38-31(29)41)39(3)17-22-7-8-25(43-4)16-26(22)44-5/h7-8,14-16,19-21H,6,9-13,17-18H2,1-5H3,(H2,34,36)/t20-,21+/m0/s1. The largest absolute Gasteiger partial charge is 0.497 e.